The molecule has 5 rings (SSSR count). The van der Waals surface area contributed by atoms with E-state index in [0.717, 1.165) is 75.0 Å². The first-order chi connectivity index (χ1) is 18.9. The van der Waals surface area contributed by atoms with Crippen molar-refractivity contribution in [3.63, 3.8) is 0 Å². The van der Waals surface area contributed by atoms with Gasteiger partial charge in [-0.25, -0.2) is 9.37 Å². The van der Waals surface area contributed by atoms with Gasteiger partial charge < -0.3 is 19.9 Å². The number of rotatable bonds is 13. The largest absolute Gasteiger partial charge is 0.493 e. The number of methoxy groups -OCH3 is 1. The molecule has 1 unspecified atom stereocenters. The van der Waals surface area contributed by atoms with Gasteiger partial charge in [-0.3, -0.25) is 9.69 Å². The van der Waals surface area contributed by atoms with Crippen molar-refractivity contribution in [2.45, 2.75) is 76.2 Å². The van der Waals surface area contributed by atoms with Crippen LogP contribution >= 0.6 is 0 Å². The lowest BCUT2D eigenvalue weighted by atomic mass is 9.92. The van der Waals surface area contributed by atoms with Crippen molar-refractivity contribution < 1.29 is 23.8 Å². The number of nitrogens with zero attached hydrogens (tertiary/aromatic N) is 2. The third kappa shape index (κ3) is 6.55. The van der Waals surface area contributed by atoms with Crippen LogP contribution in [0.25, 0.3) is 0 Å². The molecule has 0 bridgehead atoms. The van der Waals surface area contributed by atoms with Gasteiger partial charge in [-0.15, -0.1) is 0 Å². The first-order valence-electron chi connectivity index (χ1n) is 14.5. The molecule has 2 aliphatic heterocycles. The van der Waals surface area contributed by atoms with Gasteiger partial charge in [-0.1, -0.05) is 19.4 Å². The molecule has 8 heteroatoms. The number of carboxylic acid groups (broad SMARTS) is 1. The van der Waals surface area contributed by atoms with E-state index in [2.05, 4.69) is 24.4 Å². The lowest BCUT2D eigenvalue weighted by molar-refractivity contribution is -0.143. The summed E-state index contributed by atoms with van der Waals surface area (Å²) in [7, 11) is 1.40. The van der Waals surface area contributed by atoms with Crippen LogP contribution < -0.4 is 10.1 Å². The molecule has 7 nitrogen and oxygen atoms in total. The van der Waals surface area contributed by atoms with E-state index in [-0.39, 0.29) is 17.1 Å². The zero-order valence-electron chi connectivity index (χ0n) is 23.3. The molecule has 0 amide bonds. The maximum atomic E-state index is 15.0. The maximum Gasteiger partial charge on any atom is 0.325 e. The van der Waals surface area contributed by atoms with Crippen molar-refractivity contribution in [3.8, 4) is 5.75 Å². The van der Waals surface area contributed by atoms with Crippen LogP contribution in [0.1, 0.15) is 80.3 Å². The van der Waals surface area contributed by atoms with Crippen LogP contribution in [-0.4, -0.2) is 60.9 Å². The second-order valence-corrected chi connectivity index (χ2v) is 11.8. The van der Waals surface area contributed by atoms with Gasteiger partial charge in [-0.2, -0.15) is 0 Å². The number of carboxylic acids is 1. The van der Waals surface area contributed by atoms with Gasteiger partial charge in [-0.05, 0) is 98.6 Å². The van der Waals surface area contributed by atoms with E-state index in [1.807, 2.05) is 11.0 Å². The Balaban J connectivity index is 1.07. The van der Waals surface area contributed by atoms with E-state index in [4.69, 9.17) is 14.5 Å². The fraction of sp³-hybridized carbons (Fsp3) is 0.613. The summed E-state index contributed by atoms with van der Waals surface area (Å²) in [6.45, 7) is 5.68. The predicted molar refractivity (Wildman–Crippen MR) is 149 cm³/mol. The normalized spacial score (nSPS) is 20.7. The fourth-order valence-electron chi connectivity index (χ4n) is 6.02. The molecule has 0 radical (unpaired) electrons. The van der Waals surface area contributed by atoms with E-state index in [9.17, 15) is 14.3 Å². The van der Waals surface area contributed by atoms with Crippen LogP contribution in [0.4, 0.5) is 10.2 Å². The molecule has 3 heterocycles. The van der Waals surface area contributed by atoms with Gasteiger partial charge in [0.1, 0.15) is 11.9 Å². The number of hydrogen-bond donors (Lipinski definition) is 2. The lowest BCUT2D eigenvalue weighted by Gasteiger charge is -2.27. The first kappa shape index (κ1) is 27.8. The number of aliphatic carboxylic acids is 1. The summed E-state index contributed by atoms with van der Waals surface area (Å²) >= 11 is 0. The van der Waals surface area contributed by atoms with Crippen molar-refractivity contribution >= 4 is 11.8 Å². The molecular weight excluding hydrogens is 497 g/mol. The number of aryl methyl sites for hydroxylation is 2. The summed E-state index contributed by atoms with van der Waals surface area (Å²) in [5.41, 5.74) is 3.68. The van der Waals surface area contributed by atoms with E-state index < -0.39 is 17.8 Å². The number of likely N-dealkylation sites (tertiary alicyclic amines) is 1. The Kier molecular flexibility index (Phi) is 8.72. The monoisotopic (exact) mass is 539 g/mol. The summed E-state index contributed by atoms with van der Waals surface area (Å²) in [4.78, 5) is 19.1. The zero-order chi connectivity index (χ0) is 27.4. The van der Waals surface area contributed by atoms with Gasteiger partial charge >= 0.3 is 5.97 Å². The van der Waals surface area contributed by atoms with E-state index in [1.54, 1.807) is 0 Å². The highest BCUT2D eigenvalue weighted by atomic mass is 19.1. The molecule has 1 aliphatic carbocycles. The molecule has 3 aliphatic rings. The lowest BCUT2D eigenvalue weighted by Crippen LogP contribution is -2.33. The van der Waals surface area contributed by atoms with Gasteiger partial charge in [0.05, 0.1) is 13.7 Å². The number of pyridine rings is 1. The second-order valence-electron chi connectivity index (χ2n) is 11.8. The number of hydrogen-bond acceptors (Lipinski definition) is 6. The standard InChI is InChI=1S/C31H42FN3O4/c1-31(12-13-31)23-17-25(28(38-2)26(32)18-23)27(30(36)37)35-15-11-21(19-35)20-39-16-5-3-4-8-24-10-9-22-7-6-14-33-29(22)34-24/h9-10,17-18,21,27H,3-8,11-16,19-20H2,1-2H3,(H,33,34)(H,36,37)/t21-,27?/m1/s1. The Morgan fingerprint density at radius 2 is 2.13 bits per heavy atom. The molecule has 1 saturated heterocycles. The summed E-state index contributed by atoms with van der Waals surface area (Å²) in [5.74, 6) is -0.0960. The molecule has 1 saturated carbocycles. The number of fused-ring (bicyclic) bond motifs is 1. The summed E-state index contributed by atoms with van der Waals surface area (Å²) in [5, 5.41) is 13.6. The van der Waals surface area contributed by atoms with E-state index in [1.165, 1.54) is 25.2 Å². The van der Waals surface area contributed by atoms with E-state index in [0.29, 0.717) is 31.9 Å². The van der Waals surface area contributed by atoms with Gasteiger partial charge in [0.15, 0.2) is 11.6 Å². The third-order valence-electron chi connectivity index (χ3n) is 8.71. The number of halogens is 1. The quantitative estimate of drug-likeness (QED) is 0.325. The molecular formula is C31H42FN3O4. The molecule has 2 aromatic rings. The minimum absolute atomic E-state index is 0.0388. The smallest absolute Gasteiger partial charge is 0.325 e. The summed E-state index contributed by atoms with van der Waals surface area (Å²) < 4.78 is 26.3. The minimum Gasteiger partial charge on any atom is -0.493 e. The van der Waals surface area contributed by atoms with Crippen molar-refractivity contribution in [1.29, 1.82) is 0 Å². The molecule has 2 atom stereocenters. The number of unbranched alkanes of at least 4 members (excludes halogenated alkanes) is 2. The van der Waals surface area contributed by atoms with Gasteiger partial charge in [0, 0.05) is 31.0 Å². The topological polar surface area (TPSA) is 83.9 Å². The Labute approximate surface area is 231 Å². The van der Waals surface area contributed by atoms with Crippen LogP contribution in [0.15, 0.2) is 24.3 Å². The Morgan fingerprint density at radius 3 is 2.90 bits per heavy atom. The number of ether oxygens (including phenoxy) is 2. The van der Waals surface area contributed by atoms with Crippen LogP contribution in [0.2, 0.25) is 0 Å². The summed E-state index contributed by atoms with van der Waals surface area (Å²) in [6.07, 6.45) is 9.28. The number of nitrogens with one attached hydrogen (secondary N) is 1. The first-order valence-corrected chi connectivity index (χ1v) is 14.5. The molecule has 0 spiro atoms. The Bertz CT molecular complexity index is 1170. The zero-order valence-corrected chi connectivity index (χ0v) is 23.3. The molecule has 2 N–H and O–H groups in total. The van der Waals surface area contributed by atoms with Crippen molar-refractivity contribution in [2.24, 2.45) is 5.92 Å². The van der Waals surface area contributed by atoms with Gasteiger partial charge in [0.25, 0.3) is 0 Å². The summed E-state index contributed by atoms with van der Waals surface area (Å²) in [6, 6.07) is 6.80. The highest BCUT2D eigenvalue weighted by Gasteiger charge is 2.42. The number of anilines is 1. The van der Waals surface area contributed by atoms with Crippen LogP contribution in [0.3, 0.4) is 0 Å². The predicted octanol–water partition coefficient (Wildman–Crippen LogP) is 5.52. The van der Waals surface area contributed by atoms with Crippen LogP contribution in [0.5, 0.6) is 5.75 Å². The van der Waals surface area contributed by atoms with Crippen molar-refractivity contribution in [1.82, 2.24) is 9.88 Å². The molecule has 1 aromatic carbocycles. The highest BCUT2D eigenvalue weighted by Crippen LogP contribution is 2.49. The highest BCUT2D eigenvalue weighted by molar-refractivity contribution is 5.77. The minimum atomic E-state index is -0.975. The Hall–Kier alpha value is -2.71. The molecule has 1 aromatic heterocycles. The Morgan fingerprint density at radius 1 is 1.28 bits per heavy atom. The SMILES string of the molecule is COc1c(F)cc(C2(C)CC2)cc1C(C(=O)O)N1CC[C@@H](COCCCCCc2ccc3c(n2)NCCC3)C1. The maximum absolute atomic E-state index is 15.0. The average molecular weight is 540 g/mol. The number of aromatic nitrogens is 1. The number of carbonyl (C=O) groups is 1. The van der Waals surface area contributed by atoms with Crippen LogP contribution in [-0.2, 0) is 27.8 Å². The fourth-order valence-corrected chi connectivity index (χ4v) is 6.02. The van der Waals surface area contributed by atoms with E-state index >= 15 is 0 Å². The van der Waals surface area contributed by atoms with Crippen molar-refractivity contribution in [2.75, 3.05) is 45.3 Å². The van der Waals surface area contributed by atoms with Crippen molar-refractivity contribution in [3.05, 3.63) is 52.5 Å². The molecule has 2 fully saturated rings. The number of benzene rings is 1. The van der Waals surface area contributed by atoms with Gasteiger partial charge in [0.2, 0.25) is 0 Å². The second kappa shape index (κ2) is 12.2. The third-order valence-corrected chi connectivity index (χ3v) is 8.71. The van der Waals surface area contributed by atoms with Crippen LogP contribution in [0, 0.1) is 11.7 Å². The molecule has 39 heavy (non-hydrogen) atoms. The average Bonchev–Trinajstić information content (AvgIpc) is 3.52. The molecule has 212 valence electrons.